The Bertz CT molecular complexity index is 876. The second kappa shape index (κ2) is 7.71. The molecule has 0 fully saturated rings. The molecule has 4 nitrogen and oxygen atoms in total. The van der Waals surface area contributed by atoms with Gasteiger partial charge in [0, 0.05) is 24.8 Å². The molecule has 128 valence electrons. The van der Waals surface area contributed by atoms with E-state index >= 15 is 0 Å². The normalized spacial score (nSPS) is 10.5. The maximum atomic E-state index is 12.3. The van der Waals surface area contributed by atoms with E-state index in [1.807, 2.05) is 54.4 Å². The highest BCUT2D eigenvalue weighted by atomic mass is 16.5. The van der Waals surface area contributed by atoms with Crippen molar-refractivity contribution in [1.82, 2.24) is 5.32 Å². The first-order valence-electron chi connectivity index (χ1n) is 8.26. The summed E-state index contributed by atoms with van der Waals surface area (Å²) in [6.07, 6.45) is 0. The number of likely N-dealkylation sites (N-methyl/N-ethyl adjacent to an activating group) is 1. The van der Waals surface area contributed by atoms with Crippen LogP contribution in [0.4, 0.5) is 5.69 Å². The van der Waals surface area contributed by atoms with Crippen molar-refractivity contribution in [2.24, 2.45) is 0 Å². The number of hydrogen-bond acceptors (Lipinski definition) is 3. The van der Waals surface area contributed by atoms with Gasteiger partial charge in [-0.15, -0.1) is 0 Å². The number of nitrogens with one attached hydrogen (secondary N) is 1. The lowest BCUT2D eigenvalue weighted by Gasteiger charge is -2.19. The van der Waals surface area contributed by atoms with E-state index in [2.05, 4.69) is 29.6 Å². The molecule has 0 aliphatic heterocycles. The first-order chi connectivity index (χ1) is 12.2. The minimum Gasteiger partial charge on any atom is -0.496 e. The average Bonchev–Trinajstić information content (AvgIpc) is 2.66. The molecule has 0 bridgehead atoms. The number of fused-ring (bicyclic) bond motifs is 1. The number of nitrogens with zero attached hydrogens (tertiary/aromatic N) is 1. The maximum absolute atomic E-state index is 12.3. The molecule has 1 amide bonds. The van der Waals surface area contributed by atoms with Crippen molar-refractivity contribution in [2.75, 3.05) is 25.6 Å². The lowest BCUT2D eigenvalue weighted by molar-refractivity contribution is -0.119. The highest BCUT2D eigenvalue weighted by Gasteiger charge is 2.09. The molecule has 0 atom stereocenters. The Morgan fingerprint density at radius 2 is 1.72 bits per heavy atom. The van der Waals surface area contributed by atoms with Crippen molar-refractivity contribution in [3.63, 3.8) is 0 Å². The van der Waals surface area contributed by atoms with E-state index in [-0.39, 0.29) is 5.91 Å². The third-order valence-electron chi connectivity index (χ3n) is 4.22. The van der Waals surface area contributed by atoms with Gasteiger partial charge in [-0.05, 0) is 29.0 Å². The number of hydrogen-bond donors (Lipinski definition) is 1. The number of para-hydroxylation sites is 1. The maximum Gasteiger partial charge on any atom is 0.239 e. The summed E-state index contributed by atoms with van der Waals surface area (Å²) >= 11 is 0. The van der Waals surface area contributed by atoms with Crippen LogP contribution in [0.25, 0.3) is 10.8 Å². The molecule has 3 rings (SSSR count). The number of rotatable bonds is 6. The summed E-state index contributed by atoms with van der Waals surface area (Å²) in [6.45, 7) is 0.752. The molecule has 0 aromatic heterocycles. The second-order valence-electron chi connectivity index (χ2n) is 5.98. The molecule has 0 saturated carbocycles. The van der Waals surface area contributed by atoms with Crippen LogP contribution in [0.5, 0.6) is 5.75 Å². The molecular weight excluding hydrogens is 312 g/mol. The van der Waals surface area contributed by atoms with Crippen molar-refractivity contribution >= 4 is 22.4 Å². The van der Waals surface area contributed by atoms with Gasteiger partial charge in [0.05, 0.1) is 13.7 Å². The van der Waals surface area contributed by atoms with E-state index in [0.29, 0.717) is 13.1 Å². The molecule has 1 N–H and O–H groups in total. The van der Waals surface area contributed by atoms with Crippen molar-refractivity contribution < 1.29 is 9.53 Å². The molecule has 0 aliphatic rings. The first-order valence-corrected chi connectivity index (χ1v) is 8.26. The van der Waals surface area contributed by atoms with Crippen molar-refractivity contribution in [3.8, 4) is 5.75 Å². The van der Waals surface area contributed by atoms with Crippen LogP contribution in [0, 0.1) is 0 Å². The summed E-state index contributed by atoms with van der Waals surface area (Å²) in [6, 6.07) is 22.1. The van der Waals surface area contributed by atoms with Gasteiger partial charge in [-0.2, -0.15) is 0 Å². The van der Waals surface area contributed by atoms with Crippen LogP contribution in [0.15, 0.2) is 66.7 Å². The number of ether oxygens (including phenoxy) is 1. The first kappa shape index (κ1) is 16.8. The van der Waals surface area contributed by atoms with Gasteiger partial charge < -0.3 is 15.0 Å². The zero-order valence-electron chi connectivity index (χ0n) is 14.5. The number of anilines is 1. The molecule has 0 saturated heterocycles. The average molecular weight is 334 g/mol. The lowest BCUT2D eigenvalue weighted by Crippen LogP contribution is -2.34. The summed E-state index contributed by atoms with van der Waals surface area (Å²) in [5.74, 6) is 0.757. The molecule has 3 aromatic carbocycles. The quantitative estimate of drug-likeness (QED) is 0.749. The third kappa shape index (κ3) is 4.10. The Kier molecular flexibility index (Phi) is 5.19. The van der Waals surface area contributed by atoms with Gasteiger partial charge in [-0.1, -0.05) is 48.5 Å². The fourth-order valence-corrected chi connectivity index (χ4v) is 2.82. The van der Waals surface area contributed by atoms with Gasteiger partial charge in [-0.3, -0.25) is 4.79 Å². The smallest absolute Gasteiger partial charge is 0.239 e. The van der Waals surface area contributed by atoms with Crippen LogP contribution in [0.3, 0.4) is 0 Å². The van der Waals surface area contributed by atoms with Crippen LogP contribution in [-0.2, 0) is 11.3 Å². The van der Waals surface area contributed by atoms with Crippen LogP contribution in [0.1, 0.15) is 5.56 Å². The standard InChI is InChI=1S/C21H22N2O2/c1-23(19-12-11-16-7-3-4-8-17(16)13-19)15-21(24)22-14-18-9-5-6-10-20(18)25-2/h3-13H,14-15H2,1-2H3,(H,22,24). The van der Waals surface area contributed by atoms with E-state index in [1.54, 1.807) is 7.11 Å². The second-order valence-corrected chi connectivity index (χ2v) is 5.98. The van der Waals surface area contributed by atoms with E-state index in [4.69, 9.17) is 4.74 Å². The fraction of sp³-hybridized carbons (Fsp3) is 0.190. The van der Waals surface area contributed by atoms with Crippen LogP contribution in [0.2, 0.25) is 0 Å². The lowest BCUT2D eigenvalue weighted by atomic mass is 10.1. The summed E-state index contributed by atoms with van der Waals surface area (Å²) in [5, 5.41) is 5.31. The molecule has 3 aromatic rings. The van der Waals surface area contributed by atoms with Crippen LogP contribution < -0.4 is 15.0 Å². The number of methoxy groups -OCH3 is 1. The molecule has 4 heteroatoms. The predicted molar refractivity (Wildman–Crippen MR) is 102 cm³/mol. The Hall–Kier alpha value is -3.01. The predicted octanol–water partition coefficient (Wildman–Crippen LogP) is 3.60. The fourth-order valence-electron chi connectivity index (χ4n) is 2.82. The Labute approximate surface area is 148 Å². The van der Waals surface area contributed by atoms with Gasteiger partial charge in [0.15, 0.2) is 0 Å². The number of carbonyl (C=O) groups excluding carboxylic acids is 1. The molecule has 0 heterocycles. The summed E-state index contributed by atoms with van der Waals surface area (Å²) < 4.78 is 5.31. The van der Waals surface area contributed by atoms with E-state index in [0.717, 1.165) is 17.0 Å². The molecule has 25 heavy (non-hydrogen) atoms. The van der Waals surface area contributed by atoms with Crippen molar-refractivity contribution in [1.29, 1.82) is 0 Å². The van der Waals surface area contributed by atoms with Gasteiger partial charge in [0.25, 0.3) is 0 Å². The minimum atomic E-state index is -0.0263. The molecule has 0 unspecified atom stereocenters. The number of amides is 1. The third-order valence-corrected chi connectivity index (χ3v) is 4.22. The summed E-state index contributed by atoms with van der Waals surface area (Å²) in [4.78, 5) is 14.2. The highest BCUT2D eigenvalue weighted by Crippen LogP contribution is 2.21. The largest absolute Gasteiger partial charge is 0.496 e. The summed E-state index contributed by atoms with van der Waals surface area (Å²) in [7, 11) is 3.56. The van der Waals surface area contributed by atoms with Gasteiger partial charge in [0.1, 0.15) is 5.75 Å². The van der Waals surface area contributed by atoms with Crippen LogP contribution >= 0.6 is 0 Å². The summed E-state index contributed by atoms with van der Waals surface area (Å²) in [5.41, 5.74) is 1.98. The SMILES string of the molecule is COc1ccccc1CNC(=O)CN(C)c1ccc2ccccc2c1. The zero-order valence-corrected chi connectivity index (χ0v) is 14.5. The Morgan fingerprint density at radius 3 is 2.52 bits per heavy atom. The van der Waals surface area contributed by atoms with Gasteiger partial charge in [-0.25, -0.2) is 0 Å². The topological polar surface area (TPSA) is 41.6 Å². The molecule has 0 radical (unpaired) electrons. The zero-order chi connectivity index (χ0) is 17.6. The number of carbonyl (C=O) groups is 1. The molecule has 0 spiro atoms. The van der Waals surface area contributed by atoms with Crippen molar-refractivity contribution in [2.45, 2.75) is 6.54 Å². The highest BCUT2D eigenvalue weighted by molar-refractivity contribution is 5.87. The van der Waals surface area contributed by atoms with Crippen LogP contribution in [-0.4, -0.2) is 26.6 Å². The number of benzene rings is 3. The molecular formula is C21H22N2O2. The minimum absolute atomic E-state index is 0.0263. The Balaban J connectivity index is 1.61. The van der Waals surface area contributed by atoms with E-state index < -0.39 is 0 Å². The van der Waals surface area contributed by atoms with Crippen molar-refractivity contribution in [3.05, 3.63) is 72.3 Å². The van der Waals surface area contributed by atoms with Gasteiger partial charge in [0.2, 0.25) is 5.91 Å². The molecule has 0 aliphatic carbocycles. The van der Waals surface area contributed by atoms with E-state index in [9.17, 15) is 4.79 Å². The van der Waals surface area contributed by atoms with E-state index in [1.165, 1.54) is 10.8 Å². The Morgan fingerprint density at radius 1 is 1.00 bits per heavy atom. The van der Waals surface area contributed by atoms with Gasteiger partial charge >= 0.3 is 0 Å². The monoisotopic (exact) mass is 334 g/mol.